The van der Waals surface area contributed by atoms with E-state index in [-0.39, 0.29) is 6.42 Å². The van der Waals surface area contributed by atoms with E-state index in [2.05, 4.69) is 10.6 Å². The summed E-state index contributed by atoms with van der Waals surface area (Å²) < 4.78 is 2.10. The molecule has 0 bridgehead atoms. The molecule has 16 heavy (non-hydrogen) atoms. The molecule has 1 heterocycles. The average Bonchev–Trinajstić information content (AvgIpc) is 2.80. The zero-order chi connectivity index (χ0) is 11.7. The van der Waals surface area contributed by atoms with Gasteiger partial charge >= 0.3 is 5.97 Å². The molecule has 1 aliphatic rings. The van der Waals surface area contributed by atoms with Gasteiger partial charge < -0.3 is 9.67 Å². The van der Waals surface area contributed by atoms with Crippen LogP contribution in [0.1, 0.15) is 48.6 Å². The van der Waals surface area contributed by atoms with Gasteiger partial charge in [0.2, 0.25) is 0 Å². The van der Waals surface area contributed by atoms with Crippen LogP contribution in [0.4, 0.5) is 0 Å². The Morgan fingerprint density at radius 1 is 1.50 bits per heavy atom. The Bertz CT molecular complexity index is 400. The summed E-state index contributed by atoms with van der Waals surface area (Å²) in [4.78, 5) is 10.8. The molecule has 0 spiro atoms. The fourth-order valence-corrected chi connectivity index (χ4v) is 2.84. The Kier molecular flexibility index (Phi) is 3.03. The average molecular weight is 221 g/mol. The van der Waals surface area contributed by atoms with Crippen LogP contribution in [-0.2, 0) is 18.3 Å². The van der Waals surface area contributed by atoms with Gasteiger partial charge in [0.1, 0.15) is 0 Å². The topological polar surface area (TPSA) is 42.2 Å². The van der Waals surface area contributed by atoms with Crippen LogP contribution in [0.2, 0.25) is 0 Å². The molecular weight excluding hydrogens is 202 g/mol. The Morgan fingerprint density at radius 2 is 2.12 bits per heavy atom. The molecule has 2 rings (SSSR count). The summed E-state index contributed by atoms with van der Waals surface area (Å²) in [5.41, 5.74) is 3.40. The first kappa shape index (κ1) is 11.2. The van der Waals surface area contributed by atoms with Crippen molar-refractivity contribution in [2.45, 2.75) is 44.9 Å². The molecule has 1 aliphatic carbocycles. The van der Waals surface area contributed by atoms with Crippen LogP contribution in [0.25, 0.3) is 0 Å². The van der Waals surface area contributed by atoms with Gasteiger partial charge in [0.15, 0.2) is 0 Å². The highest BCUT2D eigenvalue weighted by Crippen LogP contribution is 2.35. The van der Waals surface area contributed by atoms with Crippen LogP contribution in [-0.4, -0.2) is 15.6 Å². The molecule has 0 amide bonds. The van der Waals surface area contributed by atoms with E-state index in [0.29, 0.717) is 5.92 Å². The maximum absolute atomic E-state index is 10.8. The van der Waals surface area contributed by atoms with E-state index in [1.807, 2.05) is 14.0 Å². The number of carboxylic acids is 1. The lowest BCUT2D eigenvalue weighted by molar-refractivity contribution is -0.136. The minimum Gasteiger partial charge on any atom is -0.481 e. The molecule has 1 aromatic heterocycles. The quantitative estimate of drug-likeness (QED) is 0.852. The monoisotopic (exact) mass is 221 g/mol. The minimum absolute atomic E-state index is 0.134. The van der Waals surface area contributed by atoms with E-state index >= 15 is 0 Å². The van der Waals surface area contributed by atoms with Crippen LogP contribution in [0.5, 0.6) is 0 Å². The maximum atomic E-state index is 10.8. The standard InChI is InChI=1S/C13H19NO2/c1-9-7-12(10-5-3-4-6-10)14(2)11(9)8-13(15)16/h7,10H,3-6,8H2,1-2H3,(H,15,16). The SMILES string of the molecule is Cc1cc(C2CCCC2)n(C)c1CC(=O)O. The van der Waals surface area contributed by atoms with Crippen molar-refractivity contribution >= 4 is 5.97 Å². The first-order valence-corrected chi connectivity index (χ1v) is 5.96. The highest BCUT2D eigenvalue weighted by molar-refractivity contribution is 5.70. The molecule has 1 saturated carbocycles. The number of aromatic nitrogens is 1. The molecule has 0 radical (unpaired) electrons. The summed E-state index contributed by atoms with van der Waals surface area (Å²) >= 11 is 0. The van der Waals surface area contributed by atoms with Gasteiger partial charge in [-0.15, -0.1) is 0 Å². The number of carboxylic acid groups (broad SMARTS) is 1. The number of nitrogens with zero attached hydrogens (tertiary/aromatic N) is 1. The fraction of sp³-hybridized carbons (Fsp3) is 0.615. The number of rotatable bonds is 3. The molecule has 0 atom stereocenters. The molecular formula is C13H19NO2. The lowest BCUT2D eigenvalue weighted by Gasteiger charge is -2.12. The van der Waals surface area contributed by atoms with Gasteiger partial charge in [-0.25, -0.2) is 0 Å². The number of hydrogen-bond acceptors (Lipinski definition) is 1. The molecule has 0 aromatic carbocycles. The van der Waals surface area contributed by atoms with Gasteiger partial charge in [-0.2, -0.15) is 0 Å². The van der Waals surface area contributed by atoms with Crippen LogP contribution in [0.15, 0.2) is 6.07 Å². The van der Waals surface area contributed by atoms with Crippen molar-refractivity contribution < 1.29 is 9.90 Å². The number of hydrogen-bond donors (Lipinski definition) is 1. The van der Waals surface area contributed by atoms with Crippen LogP contribution in [0, 0.1) is 6.92 Å². The summed E-state index contributed by atoms with van der Waals surface area (Å²) in [6.07, 6.45) is 5.26. The van der Waals surface area contributed by atoms with E-state index in [1.54, 1.807) is 0 Å². The Balaban J connectivity index is 2.30. The summed E-state index contributed by atoms with van der Waals surface area (Å²) in [7, 11) is 2.00. The van der Waals surface area contributed by atoms with E-state index < -0.39 is 5.97 Å². The van der Waals surface area contributed by atoms with Crippen LogP contribution >= 0.6 is 0 Å². The highest BCUT2D eigenvalue weighted by Gasteiger charge is 2.22. The van der Waals surface area contributed by atoms with E-state index in [9.17, 15) is 4.79 Å². The first-order valence-electron chi connectivity index (χ1n) is 5.96. The Hall–Kier alpha value is -1.25. The Labute approximate surface area is 96.1 Å². The van der Waals surface area contributed by atoms with Crippen molar-refractivity contribution in [2.24, 2.45) is 7.05 Å². The number of carbonyl (C=O) groups is 1. The smallest absolute Gasteiger partial charge is 0.309 e. The molecule has 3 nitrogen and oxygen atoms in total. The van der Waals surface area contributed by atoms with Crippen molar-refractivity contribution in [2.75, 3.05) is 0 Å². The van der Waals surface area contributed by atoms with Crippen molar-refractivity contribution in [1.29, 1.82) is 0 Å². The van der Waals surface area contributed by atoms with Gasteiger partial charge in [0.05, 0.1) is 6.42 Å². The molecule has 1 fully saturated rings. The lowest BCUT2D eigenvalue weighted by Crippen LogP contribution is -2.09. The van der Waals surface area contributed by atoms with Crippen LogP contribution < -0.4 is 0 Å². The van der Waals surface area contributed by atoms with Crippen molar-refractivity contribution in [3.8, 4) is 0 Å². The fourth-order valence-electron chi connectivity index (χ4n) is 2.84. The second-order valence-corrected chi connectivity index (χ2v) is 4.81. The van der Waals surface area contributed by atoms with E-state index in [4.69, 9.17) is 5.11 Å². The Morgan fingerprint density at radius 3 is 2.69 bits per heavy atom. The molecule has 0 aliphatic heterocycles. The number of aliphatic carboxylic acids is 1. The summed E-state index contributed by atoms with van der Waals surface area (Å²) in [6.45, 7) is 2.01. The minimum atomic E-state index is -0.748. The maximum Gasteiger partial charge on any atom is 0.309 e. The van der Waals surface area contributed by atoms with Gasteiger partial charge in [0.25, 0.3) is 0 Å². The zero-order valence-electron chi connectivity index (χ0n) is 9.99. The molecule has 1 aromatic rings. The highest BCUT2D eigenvalue weighted by atomic mass is 16.4. The molecule has 1 N–H and O–H groups in total. The predicted molar refractivity (Wildman–Crippen MR) is 62.7 cm³/mol. The molecule has 3 heteroatoms. The summed E-state index contributed by atoms with van der Waals surface area (Å²) in [5.74, 6) is -0.103. The van der Waals surface area contributed by atoms with Gasteiger partial charge in [-0.3, -0.25) is 4.79 Å². The first-order chi connectivity index (χ1) is 7.59. The van der Waals surface area contributed by atoms with Gasteiger partial charge in [0, 0.05) is 18.4 Å². The molecule has 0 unspecified atom stereocenters. The second kappa shape index (κ2) is 4.32. The molecule has 0 saturated heterocycles. The number of aryl methyl sites for hydroxylation is 1. The predicted octanol–water partition coefficient (Wildman–Crippen LogP) is 2.62. The van der Waals surface area contributed by atoms with Gasteiger partial charge in [-0.05, 0) is 37.3 Å². The van der Waals surface area contributed by atoms with Crippen molar-refractivity contribution in [1.82, 2.24) is 4.57 Å². The van der Waals surface area contributed by atoms with Crippen LogP contribution in [0.3, 0.4) is 0 Å². The summed E-state index contributed by atoms with van der Waals surface area (Å²) in [6, 6.07) is 2.17. The van der Waals surface area contributed by atoms with Crippen molar-refractivity contribution in [3.05, 3.63) is 23.0 Å². The molecule has 88 valence electrons. The summed E-state index contributed by atoms with van der Waals surface area (Å²) in [5, 5.41) is 8.88. The van der Waals surface area contributed by atoms with E-state index in [0.717, 1.165) is 11.3 Å². The van der Waals surface area contributed by atoms with Crippen molar-refractivity contribution in [3.63, 3.8) is 0 Å². The third-order valence-electron chi connectivity index (χ3n) is 3.70. The second-order valence-electron chi connectivity index (χ2n) is 4.81. The third kappa shape index (κ3) is 1.99. The normalized spacial score (nSPS) is 16.9. The third-order valence-corrected chi connectivity index (χ3v) is 3.70. The lowest BCUT2D eigenvalue weighted by atomic mass is 10.0. The van der Waals surface area contributed by atoms with Gasteiger partial charge in [-0.1, -0.05) is 12.8 Å². The van der Waals surface area contributed by atoms with E-state index in [1.165, 1.54) is 31.4 Å². The zero-order valence-corrected chi connectivity index (χ0v) is 9.99. The largest absolute Gasteiger partial charge is 0.481 e.